The highest BCUT2D eigenvalue weighted by molar-refractivity contribution is 5.38. The largest absolute Gasteiger partial charge is 0.478 e. The maximum atomic E-state index is 5.43. The van der Waals surface area contributed by atoms with Gasteiger partial charge in [0, 0.05) is 12.1 Å². The fourth-order valence-corrected chi connectivity index (χ4v) is 2.94. The summed E-state index contributed by atoms with van der Waals surface area (Å²) >= 11 is 0. The van der Waals surface area contributed by atoms with Crippen LogP contribution in [0.25, 0.3) is 0 Å². The van der Waals surface area contributed by atoms with Crippen LogP contribution in [0.2, 0.25) is 0 Å². The van der Waals surface area contributed by atoms with Crippen LogP contribution in [-0.4, -0.2) is 17.6 Å². The number of ether oxygens (including phenoxy) is 1. The monoisotopic (exact) mass is 262 g/mol. The summed E-state index contributed by atoms with van der Waals surface area (Å²) in [5.74, 6) is 2.61. The Hall–Kier alpha value is -1.25. The molecule has 1 aliphatic carbocycles. The molecule has 0 spiro atoms. The molecule has 0 atom stereocenters. The Kier molecular flexibility index (Phi) is 5.49. The van der Waals surface area contributed by atoms with Crippen LogP contribution in [0, 0.1) is 5.92 Å². The van der Waals surface area contributed by atoms with Gasteiger partial charge in [-0.1, -0.05) is 25.8 Å². The van der Waals surface area contributed by atoms with Crippen LogP contribution < -0.4 is 10.1 Å². The smallest absolute Gasteiger partial charge is 0.215 e. The van der Waals surface area contributed by atoms with Crippen LogP contribution in [0.15, 0.2) is 18.2 Å². The molecule has 2 rings (SSSR count). The Morgan fingerprint density at radius 3 is 2.68 bits per heavy atom. The molecule has 19 heavy (non-hydrogen) atoms. The average Bonchev–Trinajstić information content (AvgIpc) is 2.42. The minimum atomic E-state index is 0.581. The third kappa shape index (κ3) is 4.41. The third-order valence-corrected chi connectivity index (χ3v) is 3.91. The van der Waals surface area contributed by atoms with E-state index >= 15 is 0 Å². The number of nitrogens with one attached hydrogen (secondary N) is 1. The topological polar surface area (TPSA) is 34.1 Å². The van der Waals surface area contributed by atoms with Gasteiger partial charge >= 0.3 is 0 Å². The van der Waals surface area contributed by atoms with Crippen LogP contribution in [0.3, 0.4) is 0 Å². The van der Waals surface area contributed by atoms with E-state index in [-0.39, 0.29) is 0 Å². The van der Waals surface area contributed by atoms with Gasteiger partial charge in [0.2, 0.25) is 5.88 Å². The van der Waals surface area contributed by atoms with Gasteiger partial charge in [0.25, 0.3) is 0 Å². The number of hydrogen-bond acceptors (Lipinski definition) is 3. The predicted molar refractivity (Wildman–Crippen MR) is 79.7 cm³/mol. The minimum Gasteiger partial charge on any atom is -0.478 e. The van der Waals surface area contributed by atoms with Crippen LogP contribution >= 0.6 is 0 Å². The number of pyridine rings is 1. The van der Waals surface area contributed by atoms with Crippen molar-refractivity contribution in [3.8, 4) is 5.88 Å². The van der Waals surface area contributed by atoms with Crippen LogP contribution in [0.1, 0.15) is 52.4 Å². The van der Waals surface area contributed by atoms with Crippen molar-refractivity contribution in [3.05, 3.63) is 18.2 Å². The number of anilines is 1. The Balaban J connectivity index is 1.83. The van der Waals surface area contributed by atoms with E-state index in [1.165, 1.54) is 38.5 Å². The molecule has 0 radical (unpaired) electrons. The summed E-state index contributed by atoms with van der Waals surface area (Å²) in [6, 6.07) is 6.52. The highest BCUT2D eigenvalue weighted by Crippen LogP contribution is 2.29. The molecule has 3 nitrogen and oxygen atoms in total. The first kappa shape index (κ1) is 14.2. The number of nitrogens with zero attached hydrogens (tertiary/aromatic N) is 1. The van der Waals surface area contributed by atoms with Gasteiger partial charge in [-0.15, -0.1) is 0 Å². The molecule has 0 aliphatic heterocycles. The fourth-order valence-electron chi connectivity index (χ4n) is 2.94. The number of aromatic nitrogens is 1. The zero-order valence-corrected chi connectivity index (χ0v) is 12.2. The normalized spacial score (nSPS) is 23.1. The quantitative estimate of drug-likeness (QED) is 0.832. The second-order valence-corrected chi connectivity index (χ2v) is 5.44. The molecule has 0 amide bonds. The molecule has 0 saturated heterocycles. The van der Waals surface area contributed by atoms with E-state index in [2.05, 4.69) is 17.2 Å². The van der Waals surface area contributed by atoms with Crippen molar-refractivity contribution in [1.29, 1.82) is 0 Å². The van der Waals surface area contributed by atoms with E-state index in [9.17, 15) is 0 Å². The van der Waals surface area contributed by atoms with Crippen LogP contribution in [0.5, 0.6) is 5.88 Å². The van der Waals surface area contributed by atoms with Gasteiger partial charge in [-0.3, -0.25) is 0 Å². The lowest BCUT2D eigenvalue weighted by Crippen LogP contribution is -2.26. The molecule has 1 aromatic rings. The summed E-state index contributed by atoms with van der Waals surface area (Å²) in [6.45, 7) is 4.93. The molecule has 0 bridgehead atoms. The predicted octanol–water partition coefficient (Wildman–Crippen LogP) is 4.25. The first-order valence-electron chi connectivity index (χ1n) is 7.68. The van der Waals surface area contributed by atoms with Crippen molar-refractivity contribution in [3.63, 3.8) is 0 Å². The third-order valence-electron chi connectivity index (χ3n) is 3.91. The number of rotatable bonds is 6. The maximum absolute atomic E-state index is 5.43. The molecule has 1 saturated carbocycles. The Bertz CT molecular complexity index is 373. The average molecular weight is 262 g/mol. The summed E-state index contributed by atoms with van der Waals surface area (Å²) < 4.78 is 5.43. The van der Waals surface area contributed by atoms with Gasteiger partial charge in [0.1, 0.15) is 5.82 Å². The van der Waals surface area contributed by atoms with E-state index < -0.39 is 0 Å². The summed E-state index contributed by atoms with van der Waals surface area (Å²) in [6.07, 6.45) is 7.97. The fraction of sp³-hybridized carbons (Fsp3) is 0.688. The van der Waals surface area contributed by atoms with Gasteiger partial charge in [-0.25, -0.2) is 0 Å². The molecular weight excluding hydrogens is 236 g/mol. The first-order chi connectivity index (χ1) is 9.31. The lowest BCUT2D eigenvalue weighted by atomic mass is 9.83. The molecule has 1 N–H and O–H groups in total. The van der Waals surface area contributed by atoms with E-state index in [4.69, 9.17) is 4.74 Å². The zero-order chi connectivity index (χ0) is 13.5. The molecule has 1 heterocycles. The van der Waals surface area contributed by atoms with Crippen LogP contribution in [0.4, 0.5) is 5.82 Å². The van der Waals surface area contributed by atoms with E-state index in [1.807, 2.05) is 25.1 Å². The van der Waals surface area contributed by atoms with Crippen molar-refractivity contribution >= 4 is 5.82 Å². The Morgan fingerprint density at radius 1 is 1.21 bits per heavy atom. The van der Waals surface area contributed by atoms with Crippen LogP contribution in [-0.2, 0) is 0 Å². The highest BCUT2D eigenvalue weighted by Gasteiger charge is 2.20. The van der Waals surface area contributed by atoms with Crippen molar-refractivity contribution in [1.82, 2.24) is 4.98 Å². The molecule has 0 unspecified atom stereocenters. The second-order valence-electron chi connectivity index (χ2n) is 5.44. The molecule has 0 aromatic carbocycles. The number of hydrogen-bond donors (Lipinski definition) is 1. The van der Waals surface area contributed by atoms with Crippen molar-refractivity contribution in [2.75, 3.05) is 11.9 Å². The molecule has 3 heteroatoms. The minimum absolute atomic E-state index is 0.581. The van der Waals surface area contributed by atoms with Gasteiger partial charge in [-0.05, 0) is 44.6 Å². The van der Waals surface area contributed by atoms with Crippen molar-refractivity contribution in [2.24, 2.45) is 5.92 Å². The summed E-state index contributed by atoms with van der Waals surface area (Å²) in [5.41, 5.74) is 0. The van der Waals surface area contributed by atoms with E-state index in [0.717, 1.165) is 11.7 Å². The van der Waals surface area contributed by atoms with Crippen molar-refractivity contribution in [2.45, 2.75) is 58.4 Å². The van der Waals surface area contributed by atoms with Gasteiger partial charge < -0.3 is 10.1 Å². The molecule has 1 aromatic heterocycles. The maximum Gasteiger partial charge on any atom is 0.215 e. The molecular formula is C16H26N2O. The van der Waals surface area contributed by atoms with Crippen molar-refractivity contribution < 1.29 is 4.74 Å². The molecule has 1 fully saturated rings. The summed E-state index contributed by atoms with van der Waals surface area (Å²) in [4.78, 5) is 4.48. The standard InChI is InChI=1S/C16H26N2O/c1-3-6-13-9-11-14(12-10-13)17-15-7-5-8-16(18-15)19-4-2/h5,7-8,13-14H,3-4,6,9-12H2,1-2H3,(H,17,18). The lowest BCUT2D eigenvalue weighted by Gasteiger charge is -2.29. The lowest BCUT2D eigenvalue weighted by molar-refractivity contribution is 0.316. The zero-order valence-electron chi connectivity index (χ0n) is 12.2. The molecule has 106 valence electrons. The SMILES string of the molecule is CCCC1CCC(Nc2cccc(OCC)n2)CC1. The highest BCUT2D eigenvalue weighted by atomic mass is 16.5. The first-order valence-corrected chi connectivity index (χ1v) is 7.68. The molecule has 1 aliphatic rings. The van der Waals surface area contributed by atoms with E-state index in [1.54, 1.807) is 0 Å². The Morgan fingerprint density at radius 2 is 2.00 bits per heavy atom. The Labute approximate surface area is 116 Å². The summed E-state index contributed by atoms with van der Waals surface area (Å²) in [5, 5.41) is 3.55. The van der Waals surface area contributed by atoms with Gasteiger partial charge in [0.05, 0.1) is 6.61 Å². The van der Waals surface area contributed by atoms with Gasteiger partial charge in [-0.2, -0.15) is 4.98 Å². The van der Waals surface area contributed by atoms with Gasteiger partial charge in [0.15, 0.2) is 0 Å². The summed E-state index contributed by atoms with van der Waals surface area (Å²) in [7, 11) is 0. The second kappa shape index (κ2) is 7.37. The van der Waals surface area contributed by atoms with E-state index in [0.29, 0.717) is 18.5 Å².